The lowest BCUT2D eigenvalue weighted by Gasteiger charge is -2.13. The van der Waals surface area contributed by atoms with Crippen molar-refractivity contribution in [2.24, 2.45) is 7.05 Å². The molecule has 0 aliphatic rings. The van der Waals surface area contributed by atoms with Crippen LogP contribution in [0.4, 0.5) is 20.4 Å². The fourth-order valence-corrected chi connectivity index (χ4v) is 1.83. The number of benzene rings is 1. The van der Waals surface area contributed by atoms with Crippen molar-refractivity contribution in [3.8, 4) is 0 Å². The van der Waals surface area contributed by atoms with Gasteiger partial charge in [-0.05, 0) is 12.1 Å². The minimum absolute atomic E-state index is 0.272. The molecule has 0 saturated carbocycles. The van der Waals surface area contributed by atoms with Crippen molar-refractivity contribution >= 4 is 11.6 Å². The van der Waals surface area contributed by atoms with E-state index in [1.807, 2.05) is 30.6 Å². The van der Waals surface area contributed by atoms with Gasteiger partial charge in [-0.1, -0.05) is 0 Å². The molecule has 1 heterocycles. The first-order valence-electron chi connectivity index (χ1n) is 5.86. The van der Waals surface area contributed by atoms with Crippen LogP contribution in [0.5, 0.6) is 0 Å². The summed E-state index contributed by atoms with van der Waals surface area (Å²) in [7, 11) is 5.69. The summed E-state index contributed by atoms with van der Waals surface area (Å²) in [5.74, 6) is -0.371. The topological polar surface area (TPSA) is 33.1 Å². The summed E-state index contributed by atoms with van der Waals surface area (Å²) >= 11 is 0. The van der Waals surface area contributed by atoms with E-state index in [1.54, 1.807) is 6.20 Å². The van der Waals surface area contributed by atoms with Crippen molar-refractivity contribution in [3.05, 3.63) is 41.7 Å². The average molecular weight is 266 g/mol. The number of imidazole rings is 1. The van der Waals surface area contributed by atoms with E-state index in [2.05, 4.69) is 10.3 Å². The van der Waals surface area contributed by atoms with E-state index >= 15 is 0 Å². The van der Waals surface area contributed by atoms with Crippen LogP contribution in [0.25, 0.3) is 0 Å². The number of halogens is 2. The predicted octanol–water partition coefficient (Wildman–Crippen LogP) is 2.38. The lowest BCUT2D eigenvalue weighted by Crippen LogP contribution is -2.15. The Morgan fingerprint density at radius 1 is 1.32 bits per heavy atom. The summed E-state index contributed by atoms with van der Waals surface area (Å²) in [6, 6.07) is 3.46. The molecule has 6 heteroatoms. The Bertz CT molecular complexity index is 578. The van der Waals surface area contributed by atoms with Gasteiger partial charge < -0.3 is 14.8 Å². The van der Waals surface area contributed by atoms with E-state index in [1.165, 1.54) is 12.1 Å². The number of hydrogen-bond donors (Lipinski definition) is 1. The van der Waals surface area contributed by atoms with Gasteiger partial charge in [0.1, 0.15) is 11.6 Å². The van der Waals surface area contributed by atoms with E-state index in [9.17, 15) is 8.78 Å². The number of nitrogens with one attached hydrogen (secondary N) is 1. The van der Waals surface area contributed by atoms with Gasteiger partial charge in [0.05, 0.1) is 24.1 Å². The third kappa shape index (κ3) is 2.83. The van der Waals surface area contributed by atoms with Gasteiger partial charge in [0.15, 0.2) is 0 Å². The Labute approximate surface area is 110 Å². The van der Waals surface area contributed by atoms with Crippen LogP contribution < -0.4 is 10.2 Å². The second kappa shape index (κ2) is 5.26. The Hall–Kier alpha value is -2.11. The molecule has 0 saturated heterocycles. The van der Waals surface area contributed by atoms with E-state index in [0.717, 1.165) is 17.7 Å². The number of nitrogens with zero attached hydrogens (tertiary/aromatic N) is 3. The van der Waals surface area contributed by atoms with Crippen LogP contribution in [-0.4, -0.2) is 23.6 Å². The van der Waals surface area contributed by atoms with Gasteiger partial charge in [-0.15, -0.1) is 0 Å². The highest BCUT2D eigenvalue weighted by molar-refractivity contribution is 5.45. The quantitative estimate of drug-likeness (QED) is 0.922. The van der Waals surface area contributed by atoms with E-state index in [4.69, 9.17) is 0 Å². The zero-order valence-corrected chi connectivity index (χ0v) is 11.1. The molecule has 1 N–H and O–H groups in total. The Kier molecular flexibility index (Phi) is 3.69. The smallest absolute Gasteiger partial charge is 0.204 e. The predicted molar refractivity (Wildman–Crippen MR) is 71.2 cm³/mol. The van der Waals surface area contributed by atoms with E-state index in [-0.39, 0.29) is 5.69 Å². The second-order valence-electron chi connectivity index (χ2n) is 4.48. The van der Waals surface area contributed by atoms with Crippen molar-refractivity contribution in [2.75, 3.05) is 24.3 Å². The van der Waals surface area contributed by atoms with Gasteiger partial charge in [0.25, 0.3) is 0 Å². The zero-order chi connectivity index (χ0) is 14.0. The first-order chi connectivity index (χ1) is 8.99. The van der Waals surface area contributed by atoms with Gasteiger partial charge in [0, 0.05) is 27.2 Å². The van der Waals surface area contributed by atoms with Crippen molar-refractivity contribution in [1.29, 1.82) is 0 Å². The maximum absolute atomic E-state index is 13.5. The molecule has 0 radical (unpaired) electrons. The highest BCUT2D eigenvalue weighted by Gasteiger charge is 2.09. The van der Waals surface area contributed by atoms with Gasteiger partial charge in [-0.2, -0.15) is 0 Å². The van der Waals surface area contributed by atoms with Crippen LogP contribution in [0.15, 0.2) is 24.4 Å². The number of aromatic nitrogens is 2. The molecule has 0 bridgehead atoms. The first-order valence-corrected chi connectivity index (χ1v) is 5.86. The number of rotatable bonds is 4. The maximum atomic E-state index is 13.5. The van der Waals surface area contributed by atoms with Crippen molar-refractivity contribution in [1.82, 2.24) is 9.55 Å². The molecule has 1 aromatic carbocycles. The summed E-state index contributed by atoms with van der Waals surface area (Å²) < 4.78 is 28.1. The minimum atomic E-state index is -0.602. The van der Waals surface area contributed by atoms with Crippen LogP contribution >= 0.6 is 0 Å². The van der Waals surface area contributed by atoms with Crippen molar-refractivity contribution < 1.29 is 8.78 Å². The molecule has 0 fully saturated rings. The average Bonchev–Trinajstić information content (AvgIpc) is 2.70. The molecule has 0 aliphatic carbocycles. The van der Waals surface area contributed by atoms with E-state index in [0.29, 0.717) is 6.54 Å². The van der Waals surface area contributed by atoms with Gasteiger partial charge in [0.2, 0.25) is 5.95 Å². The van der Waals surface area contributed by atoms with Gasteiger partial charge >= 0.3 is 0 Å². The number of hydrogen-bond acceptors (Lipinski definition) is 3. The standard InChI is InChI=1S/C13H16F2N4/c1-18(2)13-17-8-10(19(13)3)7-16-12-5-4-9(14)6-11(12)15/h4-6,8,16H,7H2,1-3H3. The molecule has 19 heavy (non-hydrogen) atoms. The lowest BCUT2D eigenvalue weighted by molar-refractivity contribution is 0.585. The SMILES string of the molecule is CN(C)c1ncc(CNc2ccc(F)cc2F)n1C. The molecule has 2 rings (SSSR count). The molecule has 1 aromatic heterocycles. The minimum Gasteiger partial charge on any atom is -0.377 e. The maximum Gasteiger partial charge on any atom is 0.204 e. The lowest BCUT2D eigenvalue weighted by atomic mass is 10.3. The van der Waals surface area contributed by atoms with Crippen molar-refractivity contribution in [2.45, 2.75) is 6.54 Å². The molecule has 2 aromatic rings. The fraction of sp³-hybridized carbons (Fsp3) is 0.308. The molecular formula is C13H16F2N4. The highest BCUT2D eigenvalue weighted by atomic mass is 19.1. The van der Waals surface area contributed by atoms with E-state index < -0.39 is 11.6 Å². The van der Waals surface area contributed by atoms with Crippen LogP contribution in [0.3, 0.4) is 0 Å². The zero-order valence-electron chi connectivity index (χ0n) is 11.1. The largest absolute Gasteiger partial charge is 0.377 e. The molecule has 0 aliphatic heterocycles. The first kappa shape index (κ1) is 13.3. The second-order valence-corrected chi connectivity index (χ2v) is 4.48. The van der Waals surface area contributed by atoms with Crippen molar-refractivity contribution in [3.63, 3.8) is 0 Å². The highest BCUT2D eigenvalue weighted by Crippen LogP contribution is 2.17. The molecular weight excluding hydrogens is 250 g/mol. The molecule has 4 nitrogen and oxygen atoms in total. The summed E-state index contributed by atoms with van der Waals surface area (Å²) in [4.78, 5) is 6.15. The van der Waals surface area contributed by atoms with Crippen LogP contribution in [0.2, 0.25) is 0 Å². The summed E-state index contributed by atoms with van der Waals surface area (Å²) in [5, 5.41) is 2.93. The van der Waals surface area contributed by atoms with Crippen LogP contribution in [-0.2, 0) is 13.6 Å². The van der Waals surface area contributed by atoms with Crippen LogP contribution in [0.1, 0.15) is 5.69 Å². The van der Waals surface area contributed by atoms with Gasteiger partial charge in [-0.3, -0.25) is 0 Å². The summed E-state index contributed by atoms with van der Waals surface area (Å²) in [5.41, 5.74) is 1.18. The summed E-state index contributed by atoms with van der Waals surface area (Å²) in [6.45, 7) is 0.417. The third-order valence-corrected chi connectivity index (χ3v) is 2.85. The fourth-order valence-electron chi connectivity index (χ4n) is 1.83. The Morgan fingerprint density at radius 2 is 2.05 bits per heavy atom. The molecule has 0 spiro atoms. The Balaban J connectivity index is 2.10. The molecule has 102 valence electrons. The Morgan fingerprint density at radius 3 is 2.63 bits per heavy atom. The van der Waals surface area contributed by atoms with Gasteiger partial charge in [-0.25, -0.2) is 13.8 Å². The van der Waals surface area contributed by atoms with Crippen LogP contribution in [0, 0.1) is 11.6 Å². The monoisotopic (exact) mass is 266 g/mol. The molecule has 0 amide bonds. The molecule has 0 unspecified atom stereocenters. The normalized spacial score (nSPS) is 10.6. The summed E-state index contributed by atoms with van der Waals surface area (Å²) in [6.07, 6.45) is 1.73. The molecule has 0 atom stereocenters. The third-order valence-electron chi connectivity index (χ3n) is 2.85. The number of anilines is 2.